The lowest BCUT2D eigenvalue weighted by Crippen LogP contribution is -2.16. The highest BCUT2D eigenvalue weighted by molar-refractivity contribution is 7.95. The third kappa shape index (κ3) is 5.82. The Hall–Kier alpha value is -2.88. The highest BCUT2D eigenvalue weighted by Gasteiger charge is 2.17. The molecule has 0 aliphatic carbocycles. The average Bonchev–Trinajstić information content (AvgIpc) is 2.69. The van der Waals surface area contributed by atoms with E-state index >= 15 is 0 Å². The van der Waals surface area contributed by atoms with Gasteiger partial charge in [-0.3, -0.25) is 9.44 Å². The van der Waals surface area contributed by atoms with E-state index in [9.17, 15) is 21.2 Å². The Balaban J connectivity index is 1.82. The van der Waals surface area contributed by atoms with E-state index in [2.05, 4.69) is 9.44 Å². The quantitative estimate of drug-likeness (QED) is 0.528. The van der Waals surface area contributed by atoms with Crippen molar-refractivity contribution in [2.24, 2.45) is 0 Å². The van der Waals surface area contributed by atoms with Crippen LogP contribution in [-0.2, 0) is 20.0 Å². The lowest BCUT2D eigenvalue weighted by molar-refractivity contribution is 0.599. The molecule has 2 N–H and O–H groups in total. The Labute approximate surface area is 179 Å². The average molecular weight is 467 g/mol. The summed E-state index contributed by atoms with van der Waals surface area (Å²) in [7, 11) is -7.99. The maximum absolute atomic E-state index is 13.1. The number of benzene rings is 3. The first-order chi connectivity index (χ1) is 14.1. The van der Waals surface area contributed by atoms with Crippen LogP contribution in [0.25, 0.3) is 6.08 Å². The summed E-state index contributed by atoms with van der Waals surface area (Å²) in [5.74, 6) is -0.574. The fraction of sp³-hybridized carbons (Fsp3) is 0. The van der Waals surface area contributed by atoms with E-state index < -0.39 is 25.9 Å². The predicted octanol–water partition coefficient (Wildman–Crippen LogP) is 4.69. The van der Waals surface area contributed by atoms with Crippen molar-refractivity contribution in [2.75, 3.05) is 9.44 Å². The molecular weight excluding hydrogens is 451 g/mol. The van der Waals surface area contributed by atoms with Crippen LogP contribution in [0.3, 0.4) is 0 Å². The number of anilines is 2. The molecule has 0 unspecified atom stereocenters. The normalized spacial score (nSPS) is 12.1. The molecule has 0 fully saturated rings. The lowest BCUT2D eigenvalue weighted by Gasteiger charge is -2.13. The van der Waals surface area contributed by atoms with Gasteiger partial charge in [0.1, 0.15) is 5.82 Å². The van der Waals surface area contributed by atoms with Crippen LogP contribution in [0.4, 0.5) is 15.8 Å². The number of sulfonamides is 2. The van der Waals surface area contributed by atoms with Crippen molar-refractivity contribution in [1.29, 1.82) is 0 Å². The first-order valence-corrected chi connectivity index (χ1v) is 11.9. The van der Waals surface area contributed by atoms with Crippen LogP contribution < -0.4 is 9.44 Å². The summed E-state index contributed by atoms with van der Waals surface area (Å²) in [6.45, 7) is 0. The molecule has 0 aliphatic rings. The van der Waals surface area contributed by atoms with Crippen molar-refractivity contribution in [2.45, 2.75) is 4.90 Å². The van der Waals surface area contributed by atoms with Gasteiger partial charge >= 0.3 is 0 Å². The molecule has 0 radical (unpaired) electrons. The van der Waals surface area contributed by atoms with Crippen molar-refractivity contribution in [3.63, 3.8) is 0 Å². The number of para-hydroxylation sites is 2. The minimum absolute atomic E-state index is 0.0188. The number of nitrogens with one attached hydrogen (secondary N) is 2. The van der Waals surface area contributed by atoms with Gasteiger partial charge in [0.05, 0.1) is 21.7 Å². The molecule has 0 heterocycles. The van der Waals surface area contributed by atoms with E-state index in [1.807, 2.05) is 0 Å². The molecule has 6 nitrogen and oxygen atoms in total. The predicted molar refractivity (Wildman–Crippen MR) is 117 cm³/mol. The summed E-state index contributed by atoms with van der Waals surface area (Å²) in [6, 6.07) is 16.7. The van der Waals surface area contributed by atoms with E-state index in [1.165, 1.54) is 18.2 Å². The van der Waals surface area contributed by atoms with Crippen LogP contribution in [-0.4, -0.2) is 16.8 Å². The molecule has 0 saturated carbocycles. The van der Waals surface area contributed by atoms with E-state index in [-0.39, 0.29) is 16.3 Å². The van der Waals surface area contributed by atoms with Crippen molar-refractivity contribution in [1.82, 2.24) is 0 Å². The zero-order valence-electron chi connectivity index (χ0n) is 15.3. The second-order valence-electron chi connectivity index (χ2n) is 6.11. The smallest absolute Gasteiger partial charge is 0.261 e. The third-order valence-corrected chi connectivity index (χ3v) is 6.49. The molecule has 0 spiro atoms. The van der Waals surface area contributed by atoms with Crippen molar-refractivity contribution in [3.05, 3.63) is 94.6 Å². The maximum Gasteiger partial charge on any atom is 0.261 e. The van der Waals surface area contributed by atoms with Gasteiger partial charge in [0.15, 0.2) is 0 Å². The summed E-state index contributed by atoms with van der Waals surface area (Å²) in [6.07, 6.45) is 1.38. The van der Waals surface area contributed by atoms with Gasteiger partial charge in [-0.2, -0.15) is 0 Å². The van der Waals surface area contributed by atoms with Crippen LogP contribution in [0.15, 0.2) is 83.1 Å². The molecule has 10 heteroatoms. The monoisotopic (exact) mass is 466 g/mol. The van der Waals surface area contributed by atoms with Crippen LogP contribution in [0.2, 0.25) is 5.02 Å². The minimum atomic E-state index is -4.05. The van der Waals surface area contributed by atoms with Gasteiger partial charge in [0.25, 0.3) is 20.0 Å². The molecule has 0 aliphatic heterocycles. The molecule has 0 atom stereocenters. The van der Waals surface area contributed by atoms with Gasteiger partial charge < -0.3 is 0 Å². The van der Waals surface area contributed by atoms with Crippen molar-refractivity contribution in [3.8, 4) is 0 Å². The molecule has 3 aromatic carbocycles. The number of hydrogen-bond acceptors (Lipinski definition) is 4. The van der Waals surface area contributed by atoms with Crippen molar-refractivity contribution >= 4 is 49.1 Å². The number of hydrogen-bond donors (Lipinski definition) is 2. The first-order valence-electron chi connectivity index (χ1n) is 8.48. The van der Waals surface area contributed by atoms with E-state index in [0.717, 1.165) is 29.7 Å². The Morgan fingerprint density at radius 1 is 0.767 bits per heavy atom. The highest BCUT2D eigenvalue weighted by atomic mass is 35.5. The summed E-state index contributed by atoms with van der Waals surface area (Å²) in [4.78, 5) is -0.163. The second-order valence-corrected chi connectivity index (χ2v) is 9.79. The van der Waals surface area contributed by atoms with Gasteiger partial charge in [0, 0.05) is 5.02 Å². The van der Waals surface area contributed by atoms with Crippen LogP contribution >= 0.6 is 11.6 Å². The zero-order valence-corrected chi connectivity index (χ0v) is 17.7. The number of halogens is 2. The molecular formula is C20H16ClFN2O4S2. The summed E-state index contributed by atoms with van der Waals surface area (Å²) in [5, 5.41) is 1.48. The van der Waals surface area contributed by atoms with Gasteiger partial charge in [-0.05, 0) is 60.2 Å². The Bertz CT molecular complexity index is 1280. The maximum atomic E-state index is 13.1. The van der Waals surface area contributed by atoms with Crippen molar-refractivity contribution < 1.29 is 21.2 Å². The molecule has 0 bridgehead atoms. The van der Waals surface area contributed by atoms with E-state index in [0.29, 0.717) is 10.6 Å². The molecule has 0 aromatic heterocycles. The SMILES string of the molecule is O=S(=O)(/C=C/c1ccc(Cl)cc1)Nc1ccccc1NS(=O)(=O)c1ccc(F)cc1. The standard InChI is InChI=1S/C20H16ClFN2O4S2/c21-16-7-5-15(6-8-16)13-14-29(25,26)23-19-3-1-2-4-20(19)24-30(27,28)18-11-9-17(22)10-12-18/h1-14,23-24H/b14-13+. The fourth-order valence-electron chi connectivity index (χ4n) is 2.41. The van der Waals surface area contributed by atoms with Crippen LogP contribution in [0.5, 0.6) is 0 Å². The highest BCUT2D eigenvalue weighted by Crippen LogP contribution is 2.26. The van der Waals surface area contributed by atoms with Gasteiger partial charge in [-0.1, -0.05) is 35.9 Å². The molecule has 3 rings (SSSR count). The molecule has 0 amide bonds. The van der Waals surface area contributed by atoms with Gasteiger partial charge in [-0.15, -0.1) is 0 Å². The third-order valence-electron chi connectivity index (χ3n) is 3.86. The molecule has 0 saturated heterocycles. The Morgan fingerprint density at radius 3 is 1.93 bits per heavy atom. The second kappa shape index (κ2) is 8.86. The topological polar surface area (TPSA) is 92.3 Å². The Kier molecular flexibility index (Phi) is 6.45. The fourth-order valence-corrected chi connectivity index (χ4v) is 4.50. The van der Waals surface area contributed by atoms with Crippen LogP contribution in [0, 0.1) is 5.82 Å². The lowest BCUT2D eigenvalue weighted by atomic mass is 10.2. The minimum Gasteiger partial charge on any atom is -0.278 e. The molecule has 3 aromatic rings. The zero-order chi connectivity index (χ0) is 21.8. The number of rotatable bonds is 7. The molecule has 156 valence electrons. The summed E-state index contributed by atoms with van der Waals surface area (Å²) >= 11 is 5.80. The largest absolute Gasteiger partial charge is 0.278 e. The Morgan fingerprint density at radius 2 is 1.33 bits per heavy atom. The van der Waals surface area contributed by atoms with Gasteiger partial charge in [-0.25, -0.2) is 21.2 Å². The van der Waals surface area contributed by atoms with E-state index in [4.69, 9.17) is 11.6 Å². The molecule has 30 heavy (non-hydrogen) atoms. The van der Waals surface area contributed by atoms with Gasteiger partial charge in [0.2, 0.25) is 0 Å². The summed E-state index contributed by atoms with van der Waals surface area (Å²) < 4.78 is 67.6. The van der Waals surface area contributed by atoms with E-state index in [1.54, 1.807) is 36.4 Å². The first kappa shape index (κ1) is 21.8. The van der Waals surface area contributed by atoms with Crippen LogP contribution in [0.1, 0.15) is 5.56 Å². The summed E-state index contributed by atoms with van der Waals surface area (Å²) in [5.41, 5.74) is 0.671.